The molecule has 136 valence electrons. The number of carbonyl (C=O) groups excluding carboxylic acids is 1. The maximum absolute atomic E-state index is 11.3. The van der Waals surface area contributed by atoms with E-state index in [0.717, 1.165) is 11.1 Å². The molecule has 0 aliphatic heterocycles. The molecule has 1 heterocycles. The molecule has 0 unspecified atom stereocenters. The first kappa shape index (κ1) is 18.3. The number of nitrogens with zero attached hydrogens (tertiary/aromatic N) is 4. The first-order valence-corrected chi connectivity index (χ1v) is 8.75. The maximum atomic E-state index is 11.3. The third-order valence-corrected chi connectivity index (χ3v) is 4.39. The van der Waals surface area contributed by atoms with E-state index < -0.39 is 4.92 Å². The molecule has 0 spiro atoms. The molecule has 0 atom stereocenters. The zero-order chi connectivity index (χ0) is 19.4. The van der Waals surface area contributed by atoms with Crippen molar-refractivity contribution in [3.05, 3.63) is 64.2 Å². The van der Waals surface area contributed by atoms with Crippen LogP contribution >= 0.6 is 11.3 Å². The summed E-state index contributed by atoms with van der Waals surface area (Å²) in [5.74, 6) is -0.224. The summed E-state index contributed by atoms with van der Waals surface area (Å²) in [4.78, 5) is 26.0. The average molecular weight is 381 g/mol. The van der Waals surface area contributed by atoms with Gasteiger partial charge in [-0.05, 0) is 19.1 Å². The molecule has 3 aromatic rings. The van der Waals surface area contributed by atoms with Crippen molar-refractivity contribution in [3.63, 3.8) is 0 Å². The number of aromatic nitrogens is 1. The molecule has 0 saturated carbocycles. The van der Waals surface area contributed by atoms with Crippen molar-refractivity contribution in [1.82, 2.24) is 4.98 Å². The molecule has 0 aliphatic rings. The number of hydrogen-bond acceptors (Lipinski definition) is 7. The Hall–Kier alpha value is -3.46. The second-order valence-electron chi connectivity index (χ2n) is 5.69. The lowest BCUT2D eigenvalue weighted by Crippen LogP contribution is -2.04. The van der Waals surface area contributed by atoms with Crippen LogP contribution in [0.15, 0.2) is 58.8 Å². The van der Waals surface area contributed by atoms with Gasteiger partial charge in [0.1, 0.15) is 5.69 Å². The number of nitro benzene ring substituents is 1. The summed E-state index contributed by atoms with van der Waals surface area (Å²) in [5.41, 5.74) is 3.04. The van der Waals surface area contributed by atoms with Crippen LogP contribution < -0.4 is 5.32 Å². The van der Waals surface area contributed by atoms with Crippen molar-refractivity contribution in [2.75, 3.05) is 5.32 Å². The van der Waals surface area contributed by atoms with Gasteiger partial charge in [-0.3, -0.25) is 14.9 Å². The van der Waals surface area contributed by atoms with Crippen LogP contribution in [-0.2, 0) is 4.79 Å². The molecule has 27 heavy (non-hydrogen) atoms. The Balaban J connectivity index is 1.94. The van der Waals surface area contributed by atoms with Gasteiger partial charge < -0.3 is 5.32 Å². The van der Waals surface area contributed by atoms with E-state index in [0.29, 0.717) is 21.5 Å². The third kappa shape index (κ3) is 4.59. The van der Waals surface area contributed by atoms with Gasteiger partial charge in [0.05, 0.1) is 10.6 Å². The zero-order valence-electron chi connectivity index (χ0n) is 14.5. The number of non-ortho nitro benzene ring substituents is 1. The van der Waals surface area contributed by atoms with E-state index >= 15 is 0 Å². The second-order valence-corrected chi connectivity index (χ2v) is 6.67. The molecular weight excluding hydrogens is 366 g/mol. The van der Waals surface area contributed by atoms with Crippen LogP contribution in [0, 0.1) is 17.0 Å². The Morgan fingerprint density at radius 2 is 1.78 bits per heavy atom. The van der Waals surface area contributed by atoms with E-state index in [9.17, 15) is 14.9 Å². The number of hydrogen-bond donors (Lipinski definition) is 1. The summed E-state index contributed by atoms with van der Waals surface area (Å²) >= 11 is 1.20. The average Bonchev–Trinajstić information content (AvgIpc) is 3.03. The minimum atomic E-state index is -0.473. The number of thiazole rings is 1. The van der Waals surface area contributed by atoms with E-state index in [1.807, 2.05) is 31.2 Å². The number of nitro groups is 1. The van der Waals surface area contributed by atoms with Crippen LogP contribution in [0.25, 0.3) is 11.3 Å². The van der Waals surface area contributed by atoms with Gasteiger partial charge >= 0.3 is 0 Å². The minimum Gasteiger partial charge on any atom is -0.302 e. The number of anilines is 1. The van der Waals surface area contributed by atoms with Crippen LogP contribution in [0.3, 0.4) is 0 Å². The van der Waals surface area contributed by atoms with Crippen molar-refractivity contribution >= 4 is 38.8 Å². The Bertz CT molecular complexity index is 1010. The topological polar surface area (TPSA) is 110 Å². The van der Waals surface area contributed by atoms with Gasteiger partial charge in [0.25, 0.3) is 5.69 Å². The van der Waals surface area contributed by atoms with Crippen LogP contribution in [0.4, 0.5) is 21.5 Å². The van der Waals surface area contributed by atoms with Crippen molar-refractivity contribution in [1.29, 1.82) is 0 Å². The predicted octanol–water partition coefficient (Wildman–Crippen LogP) is 5.40. The van der Waals surface area contributed by atoms with E-state index in [4.69, 9.17) is 0 Å². The standard InChI is InChI=1S/C18H15N5O3S/c1-11-3-5-13(6-4-11)16-17(27-18(20-16)19-12(2)24)22-21-14-7-9-15(10-8-14)23(25)26/h3-10H,1-2H3,(H,19,20,24). The molecule has 3 rings (SSSR count). The smallest absolute Gasteiger partial charge is 0.269 e. The maximum Gasteiger partial charge on any atom is 0.269 e. The summed E-state index contributed by atoms with van der Waals surface area (Å²) in [5, 5.41) is 22.7. The Kier molecular flexibility index (Phi) is 5.32. The summed E-state index contributed by atoms with van der Waals surface area (Å²) in [7, 11) is 0. The highest BCUT2D eigenvalue weighted by molar-refractivity contribution is 7.19. The van der Waals surface area contributed by atoms with Gasteiger partial charge in [0.15, 0.2) is 10.1 Å². The molecule has 0 radical (unpaired) electrons. The minimum absolute atomic E-state index is 0.0139. The number of amides is 1. The number of benzene rings is 2. The summed E-state index contributed by atoms with van der Waals surface area (Å²) < 4.78 is 0. The van der Waals surface area contributed by atoms with Gasteiger partial charge in [-0.2, -0.15) is 0 Å². The van der Waals surface area contributed by atoms with Gasteiger partial charge in [-0.25, -0.2) is 4.98 Å². The molecule has 0 aliphatic carbocycles. The highest BCUT2D eigenvalue weighted by Gasteiger charge is 2.14. The monoisotopic (exact) mass is 381 g/mol. The first-order chi connectivity index (χ1) is 12.9. The molecular formula is C18H15N5O3S. The van der Waals surface area contributed by atoms with Crippen LogP contribution in [-0.4, -0.2) is 15.8 Å². The molecule has 1 N–H and O–H groups in total. The summed E-state index contributed by atoms with van der Waals surface area (Å²) in [6.45, 7) is 3.40. The number of aryl methyl sites for hydroxylation is 1. The quantitative estimate of drug-likeness (QED) is 0.362. The zero-order valence-corrected chi connectivity index (χ0v) is 15.4. The lowest BCUT2D eigenvalue weighted by Gasteiger charge is -1.99. The molecule has 8 nitrogen and oxygen atoms in total. The van der Waals surface area contributed by atoms with Crippen molar-refractivity contribution in [2.24, 2.45) is 10.2 Å². The predicted molar refractivity (Wildman–Crippen MR) is 104 cm³/mol. The Labute approximate surface area is 158 Å². The first-order valence-electron chi connectivity index (χ1n) is 7.94. The van der Waals surface area contributed by atoms with E-state index in [2.05, 4.69) is 20.5 Å². The number of rotatable bonds is 5. The number of nitrogens with one attached hydrogen (secondary N) is 1. The van der Waals surface area contributed by atoms with Crippen LogP contribution in [0.1, 0.15) is 12.5 Å². The lowest BCUT2D eigenvalue weighted by atomic mass is 10.1. The van der Waals surface area contributed by atoms with Gasteiger partial charge in [-0.15, -0.1) is 10.2 Å². The highest BCUT2D eigenvalue weighted by Crippen LogP contribution is 2.39. The van der Waals surface area contributed by atoms with Crippen LogP contribution in [0.2, 0.25) is 0 Å². The fourth-order valence-electron chi connectivity index (χ4n) is 2.23. The molecule has 0 bridgehead atoms. The second kappa shape index (κ2) is 7.83. The molecule has 1 aromatic heterocycles. The normalized spacial score (nSPS) is 10.9. The summed E-state index contributed by atoms with van der Waals surface area (Å²) in [6.07, 6.45) is 0. The van der Waals surface area contributed by atoms with E-state index in [-0.39, 0.29) is 11.6 Å². The van der Waals surface area contributed by atoms with Crippen molar-refractivity contribution in [3.8, 4) is 11.3 Å². The van der Waals surface area contributed by atoms with E-state index in [1.54, 1.807) is 0 Å². The van der Waals surface area contributed by atoms with Crippen LogP contribution in [0.5, 0.6) is 0 Å². The molecule has 2 aromatic carbocycles. The number of azo groups is 1. The molecule has 9 heteroatoms. The fraction of sp³-hybridized carbons (Fsp3) is 0.111. The summed E-state index contributed by atoms with van der Waals surface area (Å²) in [6, 6.07) is 13.5. The molecule has 1 amide bonds. The molecule has 0 saturated heterocycles. The third-order valence-electron chi connectivity index (χ3n) is 3.53. The largest absolute Gasteiger partial charge is 0.302 e. The fourth-order valence-corrected chi connectivity index (χ4v) is 3.08. The van der Waals surface area contributed by atoms with Gasteiger partial charge in [-0.1, -0.05) is 41.2 Å². The van der Waals surface area contributed by atoms with Crippen molar-refractivity contribution < 1.29 is 9.72 Å². The van der Waals surface area contributed by atoms with E-state index in [1.165, 1.54) is 42.5 Å². The molecule has 0 fully saturated rings. The van der Waals surface area contributed by atoms with Crippen molar-refractivity contribution in [2.45, 2.75) is 13.8 Å². The Morgan fingerprint density at radius 3 is 2.37 bits per heavy atom. The Morgan fingerprint density at radius 1 is 1.11 bits per heavy atom. The lowest BCUT2D eigenvalue weighted by molar-refractivity contribution is -0.384. The van der Waals surface area contributed by atoms with Gasteiger partial charge in [0, 0.05) is 24.6 Å². The number of carbonyl (C=O) groups is 1. The SMILES string of the molecule is CC(=O)Nc1nc(-c2ccc(C)cc2)c(N=Nc2ccc([N+](=O)[O-])cc2)s1. The highest BCUT2D eigenvalue weighted by atomic mass is 32.1. The van der Waals surface area contributed by atoms with Gasteiger partial charge in [0.2, 0.25) is 5.91 Å².